The van der Waals surface area contributed by atoms with Gasteiger partial charge in [0.25, 0.3) is 5.91 Å². The first-order valence-corrected chi connectivity index (χ1v) is 11.0. The number of aromatic nitrogens is 3. The van der Waals surface area contributed by atoms with Crippen molar-refractivity contribution in [2.24, 2.45) is 13.0 Å². The number of hydrogen-bond acceptors (Lipinski definition) is 5. The predicted molar refractivity (Wildman–Crippen MR) is 111 cm³/mol. The van der Waals surface area contributed by atoms with Gasteiger partial charge in [0.15, 0.2) is 0 Å². The molecule has 1 N–H and O–H groups in total. The quantitative estimate of drug-likeness (QED) is 0.806. The molecule has 1 aliphatic carbocycles. The Morgan fingerprint density at radius 1 is 1.24 bits per heavy atom. The largest absolute Gasteiger partial charge is 0.351 e. The first-order chi connectivity index (χ1) is 14.1. The second-order valence-corrected chi connectivity index (χ2v) is 8.78. The average molecular weight is 400 g/mol. The van der Waals surface area contributed by atoms with Crippen molar-refractivity contribution in [1.82, 2.24) is 25.2 Å². The van der Waals surface area contributed by atoms with E-state index >= 15 is 0 Å². The van der Waals surface area contributed by atoms with Gasteiger partial charge in [0.2, 0.25) is 5.76 Å². The molecule has 3 heterocycles. The van der Waals surface area contributed by atoms with Crippen LogP contribution >= 0.6 is 0 Å². The molecular weight excluding hydrogens is 366 g/mol. The van der Waals surface area contributed by atoms with E-state index in [2.05, 4.69) is 27.4 Å². The summed E-state index contributed by atoms with van der Waals surface area (Å²) in [5, 5.41) is 11.6. The van der Waals surface area contributed by atoms with Gasteiger partial charge in [0, 0.05) is 49.9 Å². The summed E-state index contributed by atoms with van der Waals surface area (Å²) in [6.07, 6.45) is 10.5. The van der Waals surface area contributed by atoms with Crippen molar-refractivity contribution >= 4 is 5.91 Å². The Morgan fingerprint density at radius 2 is 2.07 bits per heavy atom. The number of aryl methyl sites for hydroxylation is 1. The molecule has 1 saturated heterocycles. The van der Waals surface area contributed by atoms with Gasteiger partial charge in [0.1, 0.15) is 0 Å². The van der Waals surface area contributed by atoms with E-state index in [1.807, 2.05) is 24.0 Å². The second-order valence-electron chi connectivity index (χ2n) is 8.78. The van der Waals surface area contributed by atoms with E-state index in [-0.39, 0.29) is 5.91 Å². The minimum absolute atomic E-state index is 0.132. The van der Waals surface area contributed by atoms with Crippen molar-refractivity contribution in [2.75, 3.05) is 19.6 Å². The standard InChI is InChI=1S/C22H33N5O2/c1-16-19(13-24-26(16)2)15-27-10-6-9-18(14-27)20-11-21(29-25-20)22(28)23-12-17-7-4-3-5-8-17/h11,13,17-18H,3-10,12,14-15H2,1-2H3,(H,23,28). The summed E-state index contributed by atoms with van der Waals surface area (Å²) in [7, 11) is 1.98. The van der Waals surface area contributed by atoms with Gasteiger partial charge in [-0.15, -0.1) is 0 Å². The smallest absolute Gasteiger partial charge is 0.289 e. The van der Waals surface area contributed by atoms with Crippen LogP contribution in [-0.2, 0) is 13.6 Å². The Kier molecular flexibility index (Phi) is 6.33. The van der Waals surface area contributed by atoms with Gasteiger partial charge in [-0.2, -0.15) is 5.10 Å². The van der Waals surface area contributed by atoms with Gasteiger partial charge in [-0.3, -0.25) is 14.4 Å². The lowest BCUT2D eigenvalue weighted by molar-refractivity contribution is 0.0906. The van der Waals surface area contributed by atoms with Crippen molar-refractivity contribution in [3.05, 3.63) is 35.0 Å². The Hall–Kier alpha value is -2.15. The van der Waals surface area contributed by atoms with Gasteiger partial charge >= 0.3 is 0 Å². The molecule has 1 saturated carbocycles. The number of likely N-dealkylation sites (tertiary alicyclic amines) is 1. The first kappa shape index (κ1) is 20.1. The van der Waals surface area contributed by atoms with E-state index in [0.717, 1.165) is 44.7 Å². The number of nitrogens with one attached hydrogen (secondary N) is 1. The van der Waals surface area contributed by atoms with E-state index in [0.29, 0.717) is 17.6 Å². The molecule has 2 fully saturated rings. The summed E-state index contributed by atoms with van der Waals surface area (Å²) in [6, 6.07) is 1.85. The molecule has 2 aromatic heterocycles. The van der Waals surface area contributed by atoms with Crippen LogP contribution in [0.2, 0.25) is 0 Å². The van der Waals surface area contributed by atoms with Gasteiger partial charge in [-0.25, -0.2) is 0 Å². The molecule has 29 heavy (non-hydrogen) atoms. The normalized spacial score (nSPS) is 21.4. The van der Waals surface area contributed by atoms with Crippen LogP contribution in [0.4, 0.5) is 0 Å². The van der Waals surface area contributed by atoms with Crippen molar-refractivity contribution in [3.63, 3.8) is 0 Å². The highest BCUT2D eigenvalue weighted by molar-refractivity contribution is 5.91. The lowest BCUT2D eigenvalue weighted by Gasteiger charge is -2.31. The second kappa shape index (κ2) is 9.11. The molecule has 2 aromatic rings. The monoisotopic (exact) mass is 399 g/mol. The van der Waals surface area contributed by atoms with Crippen LogP contribution in [-0.4, -0.2) is 45.4 Å². The lowest BCUT2D eigenvalue weighted by atomic mass is 9.89. The molecule has 2 aliphatic rings. The molecule has 1 amide bonds. The Morgan fingerprint density at radius 3 is 2.83 bits per heavy atom. The summed E-state index contributed by atoms with van der Waals surface area (Å²) >= 11 is 0. The number of nitrogens with zero attached hydrogens (tertiary/aromatic N) is 4. The molecule has 7 nitrogen and oxygen atoms in total. The summed E-state index contributed by atoms with van der Waals surface area (Å²) < 4.78 is 7.32. The third-order valence-electron chi connectivity index (χ3n) is 6.68. The van der Waals surface area contributed by atoms with Crippen molar-refractivity contribution in [3.8, 4) is 0 Å². The zero-order chi connectivity index (χ0) is 20.2. The molecule has 1 aliphatic heterocycles. The molecule has 0 radical (unpaired) electrons. The summed E-state index contributed by atoms with van der Waals surface area (Å²) in [6.45, 7) is 5.78. The third-order valence-corrected chi connectivity index (χ3v) is 6.68. The van der Waals surface area contributed by atoms with Crippen molar-refractivity contribution in [1.29, 1.82) is 0 Å². The first-order valence-electron chi connectivity index (χ1n) is 11.0. The fraction of sp³-hybridized carbons (Fsp3) is 0.682. The Labute approximate surface area is 172 Å². The van der Waals surface area contributed by atoms with E-state index < -0.39 is 0 Å². The molecular formula is C22H33N5O2. The molecule has 7 heteroatoms. The van der Waals surface area contributed by atoms with E-state index in [1.54, 1.807) is 0 Å². The molecule has 0 aromatic carbocycles. The Bertz CT molecular complexity index is 821. The summed E-state index contributed by atoms with van der Waals surface area (Å²) in [5.41, 5.74) is 3.39. The highest BCUT2D eigenvalue weighted by atomic mass is 16.5. The fourth-order valence-corrected chi connectivity index (χ4v) is 4.68. The number of hydrogen-bond donors (Lipinski definition) is 1. The van der Waals surface area contributed by atoms with E-state index in [1.165, 1.54) is 43.4 Å². The van der Waals surface area contributed by atoms with Crippen LogP contribution in [0.15, 0.2) is 16.8 Å². The number of carbonyl (C=O) groups excluding carboxylic acids is 1. The number of carbonyl (C=O) groups is 1. The van der Waals surface area contributed by atoms with Crippen LogP contribution in [0.1, 0.15) is 78.4 Å². The number of amides is 1. The van der Waals surface area contributed by atoms with E-state index in [9.17, 15) is 4.79 Å². The van der Waals surface area contributed by atoms with Crippen molar-refractivity contribution in [2.45, 2.75) is 64.3 Å². The highest BCUT2D eigenvalue weighted by Crippen LogP contribution is 2.28. The number of piperidine rings is 1. The van der Waals surface area contributed by atoms with Crippen molar-refractivity contribution < 1.29 is 9.32 Å². The zero-order valence-electron chi connectivity index (χ0n) is 17.7. The minimum Gasteiger partial charge on any atom is -0.351 e. The predicted octanol–water partition coefficient (Wildman–Crippen LogP) is 3.41. The van der Waals surface area contributed by atoms with Gasteiger partial charge in [-0.1, -0.05) is 24.4 Å². The molecule has 1 unspecified atom stereocenters. The average Bonchev–Trinajstić information content (AvgIpc) is 3.36. The zero-order valence-corrected chi connectivity index (χ0v) is 17.7. The van der Waals surface area contributed by atoms with Crippen LogP contribution in [0, 0.1) is 12.8 Å². The SMILES string of the molecule is Cc1c(CN2CCCC(c3cc(C(=O)NCC4CCCCC4)on3)C2)cnn1C. The molecule has 0 bridgehead atoms. The van der Waals surface area contributed by atoms with Crippen LogP contribution in [0.5, 0.6) is 0 Å². The summed E-state index contributed by atoms with van der Waals surface area (Å²) in [5.74, 6) is 1.13. The van der Waals surface area contributed by atoms with E-state index in [4.69, 9.17) is 4.52 Å². The number of rotatable bonds is 6. The van der Waals surface area contributed by atoms with Gasteiger partial charge in [0.05, 0.1) is 11.9 Å². The third kappa shape index (κ3) is 4.89. The molecule has 4 rings (SSSR count). The maximum Gasteiger partial charge on any atom is 0.289 e. The Balaban J connectivity index is 1.32. The van der Waals surface area contributed by atoms with Crippen LogP contribution in [0.25, 0.3) is 0 Å². The highest BCUT2D eigenvalue weighted by Gasteiger charge is 2.26. The topological polar surface area (TPSA) is 76.2 Å². The van der Waals surface area contributed by atoms with Crippen LogP contribution < -0.4 is 5.32 Å². The molecule has 0 spiro atoms. The lowest BCUT2D eigenvalue weighted by Crippen LogP contribution is -2.34. The minimum atomic E-state index is -0.132. The van der Waals surface area contributed by atoms with Crippen LogP contribution in [0.3, 0.4) is 0 Å². The maximum absolute atomic E-state index is 12.5. The van der Waals surface area contributed by atoms with Gasteiger partial charge in [-0.05, 0) is 45.1 Å². The van der Waals surface area contributed by atoms with Gasteiger partial charge < -0.3 is 9.84 Å². The maximum atomic E-state index is 12.5. The fourth-order valence-electron chi connectivity index (χ4n) is 4.68. The summed E-state index contributed by atoms with van der Waals surface area (Å²) in [4.78, 5) is 14.9. The molecule has 1 atom stereocenters. The molecule has 158 valence electrons.